The molecule has 0 atom stereocenters. The predicted molar refractivity (Wildman–Crippen MR) is 179 cm³/mol. The number of pyridine rings is 2. The van der Waals surface area contributed by atoms with Crippen molar-refractivity contribution in [2.75, 3.05) is 0 Å². The quantitative estimate of drug-likeness (QED) is 0.129. The summed E-state index contributed by atoms with van der Waals surface area (Å²) in [4.78, 5) is 9.13. The first kappa shape index (κ1) is 30.5. The van der Waals surface area contributed by atoms with Gasteiger partial charge in [-0.25, -0.2) is 0 Å². The zero-order valence-electron chi connectivity index (χ0n) is 24.9. The third-order valence-corrected chi connectivity index (χ3v) is 11.3. The molecule has 6 aromatic rings. The Morgan fingerprint density at radius 2 is 1.62 bits per heavy atom. The van der Waals surface area contributed by atoms with E-state index in [-0.39, 0.29) is 20.1 Å². The second kappa shape index (κ2) is 12.7. The largest absolute Gasteiger partial charge is 0.305 e. The van der Waals surface area contributed by atoms with Crippen LogP contribution >= 0.6 is 11.3 Å². The number of hydrogen-bond donors (Lipinski definition) is 0. The number of fused-ring (bicyclic) bond motifs is 3. The van der Waals surface area contributed by atoms with Crippen molar-refractivity contribution in [1.82, 2.24) is 9.97 Å². The maximum absolute atomic E-state index is 4.70. The summed E-state index contributed by atoms with van der Waals surface area (Å²) in [6.07, 6.45) is 6.55. The molecular formula is C37H36IrN2SSi-2. The third kappa shape index (κ3) is 6.50. The SMILES string of the molecule is CC(C)c1ccc(-c2[c-]cccc2)nc1.C[Si](C)(C)c1cccc2c1sc1c(-c3cc(C4CC4)ccn3)[c-]ccc12.[Ir]. The van der Waals surface area contributed by atoms with Crippen LogP contribution in [-0.2, 0) is 20.1 Å². The second-order valence-corrected chi connectivity index (χ2v) is 18.3. The van der Waals surface area contributed by atoms with E-state index in [1.165, 1.54) is 44.1 Å². The van der Waals surface area contributed by atoms with Crippen molar-refractivity contribution in [1.29, 1.82) is 0 Å². The summed E-state index contributed by atoms with van der Waals surface area (Å²) in [6, 6.07) is 34.3. The fraction of sp³-hybridized carbons (Fsp3) is 0.243. The molecule has 1 saturated carbocycles. The van der Waals surface area contributed by atoms with Crippen molar-refractivity contribution < 1.29 is 20.1 Å². The summed E-state index contributed by atoms with van der Waals surface area (Å²) in [5.41, 5.74) is 6.97. The Kier molecular flexibility index (Phi) is 9.24. The van der Waals surface area contributed by atoms with Crippen LogP contribution in [0.15, 0.2) is 91.3 Å². The molecule has 0 saturated heterocycles. The summed E-state index contributed by atoms with van der Waals surface area (Å²) in [6.45, 7) is 11.6. The van der Waals surface area contributed by atoms with Gasteiger partial charge in [0.2, 0.25) is 0 Å². The van der Waals surface area contributed by atoms with Gasteiger partial charge < -0.3 is 9.97 Å². The van der Waals surface area contributed by atoms with Crippen molar-refractivity contribution in [3.05, 3.63) is 115 Å². The first-order chi connectivity index (χ1) is 19.8. The minimum atomic E-state index is -1.39. The second-order valence-electron chi connectivity index (χ2n) is 12.3. The summed E-state index contributed by atoms with van der Waals surface area (Å²) >= 11 is 1.93. The van der Waals surface area contributed by atoms with Crippen LogP contribution in [0.3, 0.4) is 0 Å². The molecule has 0 aliphatic heterocycles. The molecule has 215 valence electrons. The summed E-state index contributed by atoms with van der Waals surface area (Å²) in [7, 11) is -1.39. The molecule has 1 aliphatic rings. The van der Waals surface area contributed by atoms with Gasteiger partial charge in [-0.3, -0.25) is 0 Å². The standard InChI is InChI=1S/C23H22NSSi.C14H14N.Ir/c1-26(2,3)21-9-5-7-18-17-6-4-8-19(22(17)25-23(18)21)20-14-16(12-13-24-20)15-10-11-15;1-11(2)13-8-9-14(15-10-13)12-6-4-3-5-7-12;/h4-7,9,12-15H,10-11H2,1-3H3;3-6,8-11H,1-2H3;/q2*-1;. The van der Waals surface area contributed by atoms with E-state index in [1.807, 2.05) is 48.0 Å². The van der Waals surface area contributed by atoms with E-state index in [2.05, 4.69) is 105 Å². The summed E-state index contributed by atoms with van der Waals surface area (Å²) in [5.74, 6) is 1.28. The number of hydrogen-bond acceptors (Lipinski definition) is 3. The molecule has 0 spiro atoms. The number of rotatable bonds is 5. The molecule has 1 aliphatic carbocycles. The molecule has 2 nitrogen and oxygen atoms in total. The fourth-order valence-corrected chi connectivity index (χ4v) is 8.96. The smallest absolute Gasteiger partial charge is 0.0794 e. The van der Waals surface area contributed by atoms with E-state index >= 15 is 0 Å². The first-order valence-electron chi connectivity index (χ1n) is 14.6. The molecule has 1 fully saturated rings. The number of nitrogens with zero attached hydrogens (tertiary/aromatic N) is 2. The van der Waals surface area contributed by atoms with Gasteiger partial charge >= 0.3 is 0 Å². The van der Waals surface area contributed by atoms with E-state index in [1.54, 1.807) is 5.19 Å². The minimum Gasteiger partial charge on any atom is -0.305 e. The van der Waals surface area contributed by atoms with Crippen LogP contribution in [0.5, 0.6) is 0 Å². The monoisotopic (exact) mass is 761 g/mol. The maximum atomic E-state index is 4.70. The van der Waals surface area contributed by atoms with E-state index < -0.39 is 8.07 Å². The third-order valence-electron chi connectivity index (χ3n) is 7.79. The zero-order valence-corrected chi connectivity index (χ0v) is 29.1. The van der Waals surface area contributed by atoms with E-state index in [0.29, 0.717) is 5.92 Å². The molecular weight excluding hydrogens is 725 g/mol. The van der Waals surface area contributed by atoms with Crippen LogP contribution in [0.2, 0.25) is 19.6 Å². The van der Waals surface area contributed by atoms with Crippen molar-refractivity contribution in [3.8, 4) is 22.5 Å². The Morgan fingerprint density at radius 3 is 2.29 bits per heavy atom. The summed E-state index contributed by atoms with van der Waals surface area (Å²) < 4.78 is 2.79. The van der Waals surface area contributed by atoms with E-state index in [9.17, 15) is 0 Å². The van der Waals surface area contributed by atoms with Crippen LogP contribution in [-0.4, -0.2) is 18.0 Å². The summed E-state index contributed by atoms with van der Waals surface area (Å²) in [5, 5.41) is 4.29. The van der Waals surface area contributed by atoms with E-state index in [0.717, 1.165) is 28.4 Å². The van der Waals surface area contributed by atoms with Crippen LogP contribution in [0.1, 0.15) is 49.7 Å². The van der Waals surface area contributed by atoms with Gasteiger partial charge in [-0.15, -0.1) is 59.7 Å². The zero-order chi connectivity index (χ0) is 28.6. The van der Waals surface area contributed by atoms with Crippen molar-refractivity contribution in [3.63, 3.8) is 0 Å². The van der Waals surface area contributed by atoms with Gasteiger partial charge in [0.1, 0.15) is 0 Å². The molecule has 7 rings (SSSR count). The van der Waals surface area contributed by atoms with Crippen LogP contribution in [0, 0.1) is 12.1 Å². The first-order valence-corrected chi connectivity index (χ1v) is 18.9. The molecule has 0 N–H and O–H groups in total. The van der Waals surface area contributed by atoms with Crippen molar-refractivity contribution >= 4 is 44.8 Å². The molecule has 42 heavy (non-hydrogen) atoms. The van der Waals surface area contributed by atoms with Crippen molar-refractivity contribution in [2.45, 2.75) is 58.2 Å². The van der Waals surface area contributed by atoms with Gasteiger partial charge in [-0.2, -0.15) is 11.3 Å². The number of thiophene rings is 1. The molecule has 0 bridgehead atoms. The van der Waals surface area contributed by atoms with Gasteiger partial charge in [-0.05, 0) is 63.0 Å². The maximum Gasteiger partial charge on any atom is 0.0794 e. The van der Waals surface area contributed by atoms with Gasteiger partial charge in [0, 0.05) is 37.2 Å². The van der Waals surface area contributed by atoms with E-state index in [4.69, 9.17) is 4.98 Å². The van der Waals surface area contributed by atoms with Gasteiger partial charge in [-0.1, -0.05) is 80.8 Å². The molecule has 3 aromatic carbocycles. The average molecular weight is 761 g/mol. The van der Waals surface area contributed by atoms with Gasteiger partial charge in [0.25, 0.3) is 0 Å². The van der Waals surface area contributed by atoms with Crippen LogP contribution < -0.4 is 5.19 Å². The van der Waals surface area contributed by atoms with Crippen LogP contribution in [0.4, 0.5) is 0 Å². The normalized spacial score (nSPS) is 13.1. The predicted octanol–water partition coefficient (Wildman–Crippen LogP) is 10.0. The Morgan fingerprint density at radius 1 is 0.810 bits per heavy atom. The molecule has 1 radical (unpaired) electrons. The van der Waals surface area contributed by atoms with Crippen molar-refractivity contribution in [2.24, 2.45) is 0 Å². The average Bonchev–Trinajstić information content (AvgIpc) is 3.77. The Balaban J connectivity index is 0.000000189. The topological polar surface area (TPSA) is 25.8 Å². The minimum absolute atomic E-state index is 0. The molecule has 0 amide bonds. The molecule has 5 heteroatoms. The Bertz CT molecular complexity index is 1800. The number of benzene rings is 3. The Labute approximate surface area is 268 Å². The van der Waals surface area contributed by atoms with Gasteiger partial charge in [0.15, 0.2) is 0 Å². The van der Waals surface area contributed by atoms with Gasteiger partial charge in [0.05, 0.1) is 8.07 Å². The van der Waals surface area contributed by atoms with Crippen LogP contribution in [0.25, 0.3) is 42.7 Å². The number of aromatic nitrogens is 2. The fourth-order valence-electron chi connectivity index (χ4n) is 5.26. The molecule has 3 heterocycles. The molecule has 0 unspecified atom stereocenters. The Hall–Kier alpha value is -2.95. The molecule has 3 aromatic heterocycles.